The first-order chi connectivity index (χ1) is 8.83. The maximum absolute atomic E-state index is 5.74. The summed E-state index contributed by atoms with van der Waals surface area (Å²) in [7, 11) is 0. The van der Waals surface area contributed by atoms with Crippen LogP contribution in [0.1, 0.15) is 42.5 Å². The minimum absolute atomic E-state index is 0.444. The molecule has 1 heterocycles. The van der Waals surface area contributed by atoms with E-state index >= 15 is 0 Å². The Labute approximate surface area is 117 Å². The molecule has 1 aromatic rings. The number of halogens is 1. The van der Waals surface area contributed by atoms with Gasteiger partial charge in [-0.25, -0.2) is 0 Å². The average Bonchev–Trinajstić information content (AvgIpc) is 2.57. The highest BCUT2D eigenvalue weighted by Gasteiger charge is 2.22. The molecule has 0 saturated heterocycles. The molecule has 0 amide bonds. The van der Waals surface area contributed by atoms with Crippen molar-refractivity contribution in [2.45, 2.75) is 36.9 Å². The van der Waals surface area contributed by atoms with Crippen molar-refractivity contribution < 1.29 is 9.47 Å². The zero-order valence-electron chi connectivity index (χ0n) is 10.5. The molecule has 1 aliphatic carbocycles. The number of ether oxygens (including phenoxy) is 2. The first kappa shape index (κ1) is 12.3. The number of rotatable bonds is 3. The topological polar surface area (TPSA) is 18.5 Å². The van der Waals surface area contributed by atoms with Crippen molar-refractivity contribution in [3.63, 3.8) is 0 Å². The van der Waals surface area contributed by atoms with E-state index in [1.54, 1.807) is 0 Å². The zero-order valence-corrected chi connectivity index (χ0v) is 12.1. The van der Waals surface area contributed by atoms with Gasteiger partial charge >= 0.3 is 0 Å². The highest BCUT2D eigenvalue weighted by Crippen LogP contribution is 2.41. The normalized spacial score (nSPS) is 20.9. The van der Waals surface area contributed by atoms with Gasteiger partial charge in [-0.3, -0.25) is 0 Å². The number of hydrogen-bond donors (Lipinski definition) is 0. The maximum Gasteiger partial charge on any atom is 0.161 e. The van der Waals surface area contributed by atoms with Gasteiger partial charge in [0.15, 0.2) is 11.5 Å². The standard InChI is InChI=1S/C15H19BrO2/c16-13(9-11-3-1-4-11)12-5-6-14-15(10-12)18-8-2-7-17-14/h5-6,10-11,13H,1-4,7-9H2. The van der Waals surface area contributed by atoms with Gasteiger partial charge in [-0.15, -0.1) is 0 Å². The predicted octanol–water partition coefficient (Wildman–Crippen LogP) is 4.47. The summed E-state index contributed by atoms with van der Waals surface area (Å²) in [4.78, 5) is 0.444. The van der Waals surface area contributed by atoms with Crippen molar-refractivity contribution in [1.82, 2.24) is 0 Å². The third-order valence-electron chi connectivity index (χ3n) is 3.90. The lowest BCUT2D eigenvalue weighted by Gasteiger charge is -2.27. The molecule has 1 saturated carbocycles. The minimum Gasteiger partial charge on any atom is -0.490 e. The Bertz CT molecular complexity index is 415. The Balaban J connectivity index is 1.73. The van der Waals surface area contributed by atoms with Crippen molar-refractivity contribution in [3.8, 4) is 11.5 Å². The molecule has 0 spiro atoms. The van der Waals surface area contributed by atoms with Gasteiger partial charge in [0, 0.05) is 11.2 Å². The Morgan fingerprint density at radius 1 is 1.11 bits per heavy atom. The van der Waals surface area contributed by atoms with Crippen LogP contribution in [0.5, 0.6) is 11.5 Å². The van der Waals surface area contributed by atoms with Crippen LogP contribution in [0.3, 0.4) is 0 Å². The third kappa shape index (κ3) is 2.66. The predicted molar refractivity (Wildman–Crippen MR) is 75.7 cm³/mol. The van der Waals surface area contributed by atoms with Crippen molar-refractivity contribution in [2.24, 2.45) is 5.92 Å². The molecule has 0 aromatic heterocycles. The van der Waals surface area contributed by atoms with E-state index in [1.807, 2.05) is 6.07 Å². The highest BCUT2D eigenvalue weighted by atomic mass is 79.9. The summed E-state index contributed by atoms with van der Waals surface area (Å²) in [6.07, 6.45) is 6.40. The summed E-state index contributed by atoms with van der Waals surface area (Å²) in [5.74, 6) is 2.70. The molecule has 3 heteroatoms. The molecular weight excluding hydrogens is 292 g/mol. The van der Waals surface area contributed by atoms with Gasteiger partial charge in [0.1, 0.15) is 0 Å². The summed E-state index contributed by atoms with van der Waals surface area (Å²) in [6.45, 7) is 1.51. The van der Waals surface area contributed by atoms with Crippen LogP contribution in [0.4, 0.5) is 0 Å². The van der Waals surface area contributed by atoms with Crippen LogP contribution in [0.2, 0.25) is 0 Å². The molecule has 1 atom stereocenters. The fourth-order valence-corrected chi connectivity index (χ4v) is 3.35. The molecule has 98 valence electrons. The summed E-state index contributed by atoms with van der Waals surface area (Å²) in [5, 5.41) is 0. The Hall–Kier alpha value is -0.700. The second kappa shape index (κ2) is 5.52. The van der Waals surface area contributed by atoms with E-state index in [1.165, 1.54) is 31.2 Å². The Kier molecular flexibility index (Phi) is 3.78. The first-order valence-electron chi connectivity index (χ1n) is 6.86. The molecule has 0 radical (unpaired) electrons. The van der Waals surface area contributed by atoms with E-state index in [4.69, 9.17) is 9.47 Å². The van der Waals surface area contributed by atoms with E-state index in [-0.39, 0.29) is 0 Å². The van der Waals surface area contributed by atoms with Crippen molar-refractivity contribution >= 4 is 15.9 Å². The number of benzene rings is 1. The Morgan fingerprint density at radius 2 is 1.89 bits per heavy atom. The zero-order chi connectivity index (χ0) is 12.4. The highest BCUT2D eigenvalue weighted by molar-refractivity contribution is 9.09. The molecule has 0 bridgehead atoms. The van der Waals surface area contributed by atoms with Crippen LogP contribution in [-0.2, 0) is 0 Å². The molecule has 1 unspecified atom stereocenters. The molecule has 1 fully saturated rings. The summed E-state index contributed by atoms with van der Waals surface area (Å²) in [5.41, 5.74) is 1.31. The quantitative estimate of drug-likeness (QED) is 0.767. The first-order valence-corrected chi connectivity index (χ1v) is 7.78. The molecule has 18 heavy (non-hydrogen) atoms. The molecule has 1 aromatic carbocycles. The fourth-order valence-electron chi connectivity index (χ4n) is 2.53. The molecule has 1 aliphatic heterocycles. The monoisotopic (exact) mass is 310 g/mol. The summed E-state index contributed by atoms with van der Waals surface area (Å²) < 4.78 is 11.4. The number of fused-ring (bicyclic) bond motifs is 1. The van der Waals surface area contributed by atoms with Crippen LogP contribution in [-0.4, -0.2) is 13.2 Å². The second-order valence-corrected chi connectivity index (χ2v) is 6.36. The fraction of sp³-hybridized carbons (Fsp3) is 0.600. The summed E-state index contributed by atoms with van der Waals surface area (Å²) in [6, 6.07) is 6.34. The maximum atomic E-state index is 5.74. The van der Waals surface area contributed by atoms with Crippen LogP contribution >= 0.6 is 15.9 Å². The van der Waals surface area contributed by atoms with Crippen LogP contribution < -0.4 is 9.47 Å². The van der Waals surface area contributed by atoms with Crippen LogP contribution in [0.25, 0.3) is 0 Å². The molecule has 2 aliphatic rings. The Morgan fingerprint density at radius 3 is 2.61 bits per heavy atom. The minimum atomic E-state index is 0.444. The third-order valence-corrected chi connectivity index (χ3v) is 4.80. The van der Waals surface area contributed by atoms with E-state index in [0.717, 1.165) is 37.1 Å². The van der Waals surface area contributed by atoms with E-state index in [9.17, 15) is 0 Å². The SMILES string of the molecule is BrC(CC1CCC1)c1ccc2c(c1)OCCCO2. The average molecular weight is 311 g/mol. The van der Waals surface area contributed by atoms with Crippen LogP contribution in [0.15, 0.2) is 18.2 Å². The van der Waals surface area contributed by atoms with Crippen LogP contribution in [0, 0.1) is 5.92 Å². The lowest BCUT2D eigenvalue weighted by Crippen LogP contribution is -2.12. The molecule has 3 rings (SSSR count). The van der Waals surface area contributed by atoms with E-state index in [0.29, 0.717) is 4.83 Å². The number of alkyl halides is 1. The number of hydrogen-bond acceptors (Lipinski definition) is 2. The van der Waals surface area contributed by atoms with Gasteiger partial charge in [-0.2, -0.15) is 0 Å². The van der Waals surface area contributed by atoms with Gasteiger partial charge < -0.3 is 9.47 Å². The van der Waals surface area contributed by atoms with E-state index < -0.39 is 0 Å². The van der Waals surface area contributed by atoms with Gasteiger partial charge in [-0.1, -0.05) is 41.3 Å². The van der Waals surface area contributed by atoms with Gasteiger partial charge in [0.05, 0.1) is 13.2 Å². The van der Waals surface area contributed by atoms with Gasteiger partial charge in [0.2, 0.25) is 0 Å². The van der Waals surface area contributed by atoms with Gasteiger partial charge in [-0.05, 0) is 30.0 Å². The van der Waals surface area contributed by atoms with Crippen molar-refractivity contribution in [1.29, 1.82) is 0 Å². The molecule has 0 N–H and O–H groups in total. The lowest BCUT2D eigenvalue weighted by molar-refractivity contribution is 0.294. The smallest absolute Gasteiger partial charge is 0.161 e. The van der Waals surface area contributed by atoms with Gasteiger partial charge in [0.25, 0.3) is 0 Å². The summed E-state index contributed by atoms with van der Waals surface area (Å²) >= 11 is 3.81. The van der Waals surface area contributed by atoms with Crippen molar-refractivity contribution in [2.75, 3.05) is 13.2 Å². The van der Waals surface area contributed by atoms with Crippen molar-refractivity contribution in [3.05, 3.63) is 23.8 Å². The molecular formula is C15H19BrO2. The second-order valence-electron chi connectivity index (χ2n) is 5.26. The molecule has 2 nitrogen and oxygen atoms in total. The lowest BCUT2D eigenvalue weighted by atomic mass is 9.81. The largest absolute Gasteiger partial charge is 0.490 e. The van der Waals surface area contributed by atoms with E-state index in [2.05, 4.69) is 28.1 Å².